The summed E-state index contributed by atoms with van der Waals surface area (Å²) in [5, 5.41) is 4.40. The van der Waals surface area contributed by atoms with Gasteiger partial charge in [0.15, 0.2) is 5.82 Å². The van der Waals surface area contributed by atoms with Gasteiger partial charge in [-0.25, -0.2) is 9.97 Å². The van der Waals surface area contributed by atoms with Crippen LogP contribution < -0.4 is 5.32 Å². The van der Waals surface area contributed by atoms with Gasteiger partial charge in [0.05, 0.1) is 9.72 Å². The quantitative estimate of drug-likeness (QED) is 0.536. The minimum absolute atomic E-state index is 0.677. The van der Waals surface area contributed by atoms with Gasteiger partial charge < -0.3 is 5.32 Å². The number of anilines is 1. The number of benzene rings is 1. The molecule has 25 heavy (non-hydrogen) atoms. The Balaban J connectivity index is 1.64. The lowest BCUT2D eigenvalue weighted by Gasteiger charge is -2.09. The molecule has 0 saturated heterocycles. The SMILES string of the molecule is Clc1cc2c(NCCc3ccccc3)nc(-c3ccncc3)nc2s1. The van der Waals surface area contributed by atoms with Crippen LogP contribution in [0.4, 0.5) is 5.82 Å². The van der Waals surface area contributed by atoms with Crippen molar-refractivity contribution in [3.05, 3.63) is 70.8 Å². The first-order valence-electron chi connectivity index (χ1n) is 7.95. The molecule has 0 bridgehead atoms. The minimum atomic E-state index is 0.677. The molecule has 4 nitrogen and oxygen atoms in total. The van der Waals surface area contributed by atoms with Gasteiger partial charge in [0.2, 0.25) is 0 Å². The summed E-state index contributed by atoms with van der Waals surface area (Å²) in [7, 11) is 0. The Kier molecular flexibility index (Phi) is 4.59. The Morgan fingerprint density at radius 2 is 1.80 bits per heavy atom. The van der Waals surface area contributed by atoms with Gasteiger partial charge in [-0.1, -0.05) is 41.9 Å². The van der Waals surface area contributed by atoms with Crippen LogP contribution in [0.5, 0.6) is 0 Å². The Morgan fingerprint density at radius 3 is 2.60 bits per heavy atom. The maximum Gasteiger partial charge on any atom is 0.163 e. The maximum atomic E-state index is 6.20. The number of thiophene rings is 1. The molecule has 0 fully saturated rings. The number of pyridine rings is 1. The largest absolute Gasteiger partial charge is 0.369 e. The molecule has 0 atom stereocenters. The molecule has 0 spiro atoms. The van der Waals surface area contributed by atoms with Crippen LogP contribution in [0.25, 0.3) is 21.6 Å². The third-order valence-corrected chi connectivity index (χ3v) is 5.01. The lowest BCUT2D eigenvalue weighted by atomic mass is 10.1. The van der Waals surface area contributed by atoms with Gasteiger partial charge in [0, 0.05) is 24.5 Å². The number of nitrogens with zero attached hydrogens (tertiary/aromatic N) is 3. The van der Waals surface area contributed by atoms with Gasteiger partial charge in [-0.15, -0.1) is 11.3 Å². The molecule has 6 heteroatoms. The fourth-order valence-electron chi connectivity index (χ4n) is 2.63. The summed E-state index contributed by atoms with van der Waals surface area (Å²) in [4.78, 5) is 14.3. The van der Waals surface area contributed by atoms with E-state index in [2.05, 4.69) is 39.6 Å². The Hall–Kier alpha value is -2.50. The average molecular weight is 367 g/mol. The number of hydrogen-bond donors (Lipinski definition) is 1. The number of hydrogen-bond acceptors (Lipinski definition) is 5. The molecule has 4 aromatic rings. The summed E-state index contributed by atoms with van der Waals surface area (Å²) in [5.74, 6) is 1.49. The van der Waals surface area contributed by atoms with Crippen molar-refractivity contribution in [1.82, 2.24) is 15.0 Å². The Bertz CT molecular complexity index is 986. The molecule has 0 radical (unpaired) electrons. The topological polar surface area (TPSA) is 50.7 Å². The van der Waals surface area contributed by atoms with Crippen LogP contribution in [0.15, 0.2) is 60.9 Å². The molecule has 3 aromatic heterocycles. The van der Waals surface area contributed by atoms with Crippen molar-refractivity contribution in [2.75, 3.05) is 11.9 Å². The number of halogens is 1. The first-order valence-corrected chi connectivity index (χ1v) is 9.14. The van der Waals surface area contributed by atoms with Crippen LogP contribution in [0.3, 0.4) is 0 Å². The molecule has 124 valence electrons. The van der Waals surface area contributed by atoms with E-state index in [4.69, 9.17) is 16.6 Å². The highest BCUT2D eigenvalue weighted by Crippen LogP contribution is 2.33. The lowest BCUT2D eigenvalue weighted by Crippen LogP contribution is -2.07. The van der Waals surface area contributed by atoms with Crippen LogP contribution in [-0.4, -0.2) is 21.5 Å². The van der Waals surface area contributed by atoms with E-state index in [1.807, 2.05) is 24.3 Å². The molecule has 0 aliphatic carbocycles. The molecule has 0 aliphatic rings. The van der Waals surface area contributed by atoms with Crippen molar-refractivity contribution in [1.29, 1.82) is 0 Å². The molecule has 1 N–H and O–H groups in total. The molecule has 4 rings (SSSR count). The van der Waals surface area contributed by atoms with Gasteiger partial charge in [-0.2, -0.15) is 0 Å². The minimum Gasteiger partial charge on any atom is -0.369 e. The normalized spacial score (nSPS) is 10.9. The van der Waals surface area contributed by atoms with Crippen molar-refractivity contribution < 1.29 is 0 Å². The second-order valence-corrected chi connectivity index (χ2v) is 7.23. The van der Waals surface area contributed by atoms with E-state index in [-0.39, 0.29) is 0 Å². The number of rotatable bonds is 5. The molecule has 3 heterocycles. The second-order valence-electron chi connectivity index (χ2n) is 5.56. The summed E-state index contributed by atoms with van der Waals surface area (Å²) in [6.07, 6.45) is 4.41. The number of nitrogens with one attached hydrogen (secondary N) is 1. The van der Waals surface area contributed by atoms with Crippen LogP contribution in [-0.2, 0) is 6.42 Å². The van der Waals surface area contributed by atoms with E-state index in [0.29, 0.717) is 10.2 Å². The molecule has 0 amide bonds. The van der Waals surface area contributed by atoms with Crippen LogP contribution in [0.2, 0.25) is 4.34 Å². The van der Waals surface area contributed by atoms with E-state index in [1.54, 1.807) is 12.4 Å². The van der Waals surface area contributed by atoms with Gasteiger partial charge in [0.25, 0.3) is 0 Å². The zero-order chi connectivity index (χ0) is 17.1. The predicted molar refractivity (Wildman–Crippen MR) is 104 cm³/mol. The van der Waals surface area contributed by atoms with Crippen molar-refractivity contribution >= 4 is 39.0 Å². The third kappa shape index (κ3) is 3.62. The maximum absolute atomic E-state index is 6.20. The van der Waals surface area contributed by atoms with Gasteiger partial charge in [-0.3, -0.25) is 4.98 Å². The summed E-state index contributed by atoms with van der Waals surface area (Å²) in [6.45, 7) is 0.791. The fourth-order valence-corrected chi connectivity index (χ4v) is 3.71. The van der Waals surface area contributed by atoms with Gasteiger partial charge in [-0.05, 0) is 30.2 Å². The number of fused-ring (bicyclic) bond motifs is 1. The summed E-state index contributed by atoms with van der Waals surface area (Å²) in [5.41, 5.74) is 2.23. The predicted octanol–water partition coefficient (Wildman–Crippen LogP) is 5.06. The highest BCUT2D eigenvalue weighted by molar-refractivity contribution is 7.22. The summed E-state index contributed by atoms with van der Waals surface area (Å²) in [6, 6.07) is 16.1. The Labute approximate surface area is 154 Å². The van der Waals surface area contributed by atoms with Crippen LogP contribution in [0, 0.1) is 0 Å². The standard InChI is InChI=1S/C19H15ClN4S/c20-16-12-15-18(22-11-6-13-4-2-1-3-5-13)23-17(24-19(15)25-16)14-7-9-21-10-8-14/h1-5,7-10,12H,6,11H2,(H,22,23,24). The van der Waals surface area contributed by atoms with Crippen LogP contribution >= 0.6 is 22.9 Å². The van der Waals surface area contributed by atoms with Crippen molar-refractivity contribution in [3.8, 4) is 11.4 Å². The smallest absolute Gasteiger partial charge is 0.163 e. The average Bonchev–Trinajstić information content (AvgIpc) is 3.03. The van der Waals surface area contributed by atoms with E-state index in [9.17, 15) is 0 Å². The molecular weight excluding hydrogens is 352 g/mol. The first-order chi connectivity index (χ1) is 12.3. The van der Waals surface area contributed by atoms with Gasteiger partial charge >= 0.3 is 0 Å². The van der Waals surface area contributed by atoms with Crippen molar-refractivity contribution in [3.63, 3.8) is 0 Å². The second kappa shape index (κ2) is 7.17. The Morgan fingerprint density at radius 1 is 1.00 bits per heavy atom. The van der Waals surface area contributed by atoms with E-state index in [0.717, 1.165) is 34.6 Å². The zero-order valence-corrected chi connectivity index (χ0v) is 14.9. The number of aromatic nitrogens is 3. The molecule has 1 aromatic carbocycles. The molecular formula is C19H15ClN4S. The fraction of sp³-hybridized carbons (Fsp3) is 0.105. The first kappa shape index (κ1) is 16.0. The molecule has 0 aliphatic heterocycles. The third-order valence-electron chi connectivity index (χ3n) is 3.85. The van der Waals surface area contributed by atoms with Crippen LogP contribution in [0.1, 0.15) is 5.56 Å². The highest BCUT2D eigenvalue weighted by atomic mass is 35.5. The van der Waals surface area contributed by atoms with E-state index >= 15 is 0 Å². The zero-order valence-electron chi connectivity index (χ0n) is 13.3. The summed E-state index contributed by atoms with van der Waals surface area (Å²) >= 11 is 7.66. The van der Waals surface area contributed by atoms with E-state index in [1.165, 1.54) is 16.9 Å². The monoisotopic (exact) mass is 366 g/mol. The molecule has 0 unspecified atom stereocenters. The molecule has 0 saturated carbocycles. The van der Waals surface area contributed by atoms with E-state index < -0.39 is 0 Å². The van der Waals surface area contributed by atoms with Gasteiger partial charge in [0.1, 0.15) is 10.6 Å². The van der Waals surface area contributed by atoms with Crippen molar-refractivity contribution in [2.24, 2.45) is 0 Å². The van der Waals surface area contributed by atoms with Crippen molar-refractivity contribution in [2.45, 2.75) is 6.42 Å². The lowest BCUT2D eigenvalue weighted by molar-refractivity contribution is 1.01. The summed E-state index contributed by atoms with van der Waals surface area (Å²) < 4.78 is 0.710. The highest BCUT2D eigenvalue weighted by Gasteiger charge is 2.12.